The summed E-state index contributed by atoms with van der Waals surface area (Å²) in [5.41, 5.74) is 2.45. The van der Waals surface area contributed by atoms with Gasteiger partial charge in [-0.1, -0.05) is 41.0 Å². The van der Waals surface area contributed by atoms with E-state index in [9.17, 15) is 4.79 Å². The lowest BCUT2D eigenvalue weighted by Crippen LogP contribution is -2.11. The number of nitrogens with one attached hydrogen (secondary N) is 1. The standard InChI is InChI=1S/C16H13N3O2/c1-11-6-5-9-13(10-11)15-18-19-16(21-15)17-14(20)12-7-3-2-4-8-12/h2-10H,1H3,(H,17,19,20). The highest BCUT2D eigenvalue weighted by molar-refractivity contribution is 6.03. The minimum absolute atomic E-state index is 0.0837. The molecule has 1 amide bonds. The lowest BCUT2D eigenvalue weighted by Gasteiger charge is -1.99. The van der Waals surface area contributed by atoms with Gasteiger partial charge in [-0.05, 0) is 31.2 Å². The maximum atomic E-state index is 12.0. The quantitative estimate of drug-likeness (QED) is 0.798. The molecule has 0 aliphatic heterocycles. The van der Waals surface area contributed by atoms with E-state index in [1.54, 1.807) is 24.3 Å². The molecular weight excluding hydrogens is 266 g/mol. The van der Waals surface area contributed by atoms with Crippen LogP contribution in [0, 0.1) is 6.92 Å². The third kappa shape index (κ3) is 2.97. The SMILES string of the molecule is Cc1cccc(-c2nnc(NC(=O)c3ccccc3)o2)c1. The lowest BCUT2D eigenvalue weighted by atomic mass is 10.1. The molecule has 5 nitrogen and oxygen atoms in total. The van der Waals surface area contributed by atoms with Gasteiger partial charge in [-0.25, -0.2) is 0 Å². The van der Waals surface area contributed by atoms with Gasteiger partial charge in [-0.2, -0.15) is 0 Å². The van der Waals surface area contributed by atoms with Gasteiger partial charge in [0, 0.05) is 11.1 Å². The number of nitrogens with zero attached hydrogens (tertiary/aromatic N) is 2. The maximum Gasteiger partial charge on any atom is 0.322 e. The van der Waals surface area contributed by atoms with Gasteiger partial charge in [0.05, 0.1) is 0 Å². The summed E-state index contributed by atoms with van der Waals surface area (Å²) in [4.78, 5) is 12.0. The normalized spacial score (nSPS) is 10.3. The molecule has 0 unspecified atom stereocenters. The minimum atomic E-state index is -0.282. The van der Waals surface area contributed by atoms with Crippen LogP contribution in [0.15, 0.2) is 59.0 Å². The predicted molar refractivity (Wildman–Crippen MR) is 78.9 cm³/mol. The third-order valence-corrected chi connectivity index (χ3v) is 2.95. The van der Waals surface area contributed by atoms with Gasteiger partial charge in [0.15, 0.2) is 0 Å². The van der Waals surface area contributed by atoms with Gasteiger partial charge >= 0.3 is 6.01 Å². The van der Waals surface area contributed by atoms with Crippen LogP contribution in [0.3, 0.4) is 0 Å². The van der Waals surface area contributed by atoms with Crippen LogP contribution in [0.25, 0.3) is 11.5 Å². The molecule has 5 heteroatoms. The number of carbonyl (C=O) groups is 1. The fourth-order valence-corrected chi connectivity index (χ4v) is 1.93. The second kappa shape index (κ2) is 5.58. The van der Waals surface area contributed by atoms with E-state index < -0.39 is 0 Å². The van der Waals surface area contributed by atoms with Crippen molar-refractivity contribution in [1.82, 2.24) is 10.2 Å². The summed E-state index contributed by atoms with van der Waals surface area (Å²) in [7, 11) is 0. The molecule has 21 heavy (non-hydrogen) atoms. The van der Waals surface area contributed by atoms with Gasteiger partial charge in [-0.3, -0.25) is 10.1 Å². The van der Waals surface area contributed by atoms with Crippen molar-refractivity contribution in [2.75, 3.05) is 5.32 Å². The summed E-state index contributed by atoms with van der Waals surface area (Å²) >= 11 is 0. The van der Waals surface area contributed by atoms with Gasteiger partial charge in [0.25, 0.3) is 5.91 Å². The molecule has 0 bridgehead atoms. The van der Waals surface area contributed by atoms with Crippen molar-refractivity contribution in [2.45, 2.75) is 6.92 Å². The van der Waals surface area contributed by atoms with Crippen LogP contribution in [-0.4, -0.2) is 16.1 Å². The second-order valence-electron chi connectivity index (χ2n) is 4.60. The number of hydrogen-bond acceptors (Lipinski definition) is 4. The number of aromatic nitrogens is 2. The van der Waals surface area contributed by atoms with E-state index in [4.69, 9.17) is 4.42 Å². The van der Waals surface area contributed by atoms with Crippen LogP contribution in [0.1, 0.15) is 15.9 Å². The van der Waals surface area contributed by atoms with Crippen molar-refractivity contribution in [1.29, 1.82) is 0 Å². The first-order valence-electron chi connectivity index (χ1n) is 6.49. The maximum absolute atomic E-state index is 12.0. The molecule has 3 rings (SSSR count). The molecule has 0 aliphatic rings. The zero-order valence-electron chi connectivity index (χ0n) is 11.4. The van der Waals surface area contributed by atoms with E-state index >= 15 is 0 Å². The number of anilines is 1. The first-order valence-corrected chi connectivity index (χ1v) is 6.49. The largest absolute Gasteiger partial charge is 0.403 e. The van der Waals surface area contributed by atoms with Gasteiger partial charge in [0.1, 0.15) is 0 Å². The first-order chi connectivity index (χ1) is 10.2. The van der Waals surface area contributed by atoms with Crippen molar-refractivity contribution >= 4 is 11.9 Å². The molecule has 0 saturated carbocycles. The summed E-state index contributed by atoms with van der Waals surface area (Å²) in [6, 6.07) is 16.7. The zero-order valence-corrected chi connectivity index (χ0v) is 11.4. The molecule has 0 fully saturated rings. The number of carbonyl (C=O) groups excluding carboxylic acids is 1. The van der Waals surface area contributed by atoms with Crippen molar-refractivity contribution in [2.24, 2.45) is 0 Å². The number of rotatable bonds is 3. The Bertz CT molecular complexity index is 766. The number of benzene rings is 2. The fourth-order valence-electron chi connectivity index (χ4n) is 1.93. The molecule has 0 saturated heterocycles. The van der Waals surface area contributed by atoms with Crippen LogP contribution in [0.2, 0.25) is 0 Å². The number of aryl methyl sites for hydroxylation is 1. The molecule has 1 heterocycles. The highest BCUT2D eigenvalue weighted by Crippen LogP contribution is 2.20. The van der Waals surface area contributed by atoms with Crippen LogP contribution in [0.5, 0.6) is 0 Å². The Labute approximate surface area is 121 Å². The molecular formula is C16H13N3O2. The van der Waals surface area contributed by atoms with Crippen molar-refractivity contribution in [3.8, 4) is 11.5 Å². The third-order valence-electron chi connectivity index (χ3n) is 2.95. The summed E-state index contributed by atoms with van der Waals surface area (Å²) in [5.74, 6) is 0.0945. The van der Waals surface area contributed by atoms with Crippen LogP contribution >= 0.6 is 0 Å². The molecule has 104 valence electrons. The lowest BCUT2D eigenvalue weighted by molar-refractivity contribution is 0.102. The van der Waals surface area contributed by atoms with Crippen LogP contribution in [-0.2, 0) is 0 Å². The van der Waals surface area contributed by atoms with Gasteiger partial charge in [-0.15, -0.1) is 5.10 Å². The Morgan fingerprint density at radius 1 is 1.05 bits per heavy atom. The predicted octanol–water partition coefficient (Wildman–Crippen LogP) is 3.30. The average Bonchev–Trinajstić information content (AvgIpc) is 2.97. The highest BCUT2D eigenvalue weighted by Gasteiger charge is 2.12. The number of hydrogen-bond donors (Lipinski definition) is 1. The monoisotopic (exact) mass is 279 g/mol. The summed E-state index contributed by atoms with van der Waals surface area (Å²) in [6.07, 6.45) is 0. The molecule has 0 radical (unpaired) electrons. The van der Waals surface area contributed by atoms with E-state index in [0.717, 1.165) is 11.1 Å². The Balaban J connectivity index is 1.78. The first kappa shape index (κ1) is 13.1. The molecule has 3 aromatic rings. The van der Waals surface area contributed by atoms with Gasteiger partial charge in [0.2, 0.25) is 5.89 Å². The second-order valence-corrected chi connectivity index (χ2v) is 4.60. The van der Waals surface area contributed by atoms with Gasteiger partial charge < -0.3 is 4.42 Å². The average molecular weight is 279 g/mol. The van der Waals surface area contributed by atoms with Crippen molar-refractivity contribution in [3.05, 3.63) is 65.7 Å². The summed E-state index contributed by atoms with van der Waals surface area (Å²) in [6.45, 7) is 1.98. The van der Waals surface area contributed by atoms with E-state index in [2.05, 4.69) is 15.5 Å². The topological polar surface area (TPSA) is 68.0 Å². The van der Waals surface area contributed by atoms with Crippen molar-refractivity contribution in [3.63, 3.8) is 0 Å². The summed E-state index contributed by atoms with van der Waals surface area (Å²) < 4.78 is 5.46. The zero-order chi connectivity index (χ0) is 14.7. The molecule has 0 aliphatic carbocycles. The smallest absolute Gasteiger partial charge is 0.322 e. The highest BCUT2D eigenvalue weighted by atomic mass is 16.4. The molecule has 2 aromatic carbocycles. The minimum Gasteiger partial charge on any atom is -0.403 e. The fraction of sp³-hybridized carbons (Fsp3) is 0.0625. The van der Waals surface area contributed by atoms with Crippen LogP contribution < -0.4 is 5.32 Å². The Kier molecular flexibility index (Phi) is 3.47. The molecule has 1 aromatic heterocycles. The number of amides is 1. The van der Waals surface area contributed by atoms with E-state index in [1.807, 2.05) is 37.3 Å². The van der Waals surface area contributed by atoms with Crippen LogP contribution in [0.4, 0.5) is 6.01 Å². The Hall–Kier alpha value is -2.95. The molecule has 1 N–H and O–H groups in total. The van der Waals surface area contributed by atoms with Crippen molar-refractivity contribution < 1.29 is 9.21 Å². The summed E-state index contributed by atoms with van der Waals surface area (Å²) in [5, 5.41) is 10.4. The van der Waals surface area contributed by atoms with E-state index in [1.165, 1.54) is 0 Å². The van der Waals surface area contributed by atoms with E-state index in [0.29, 0.717) is 11.5 Å². The Morgan fingerprint density at radius 3 is 2.62 bits per heavy atom. The molecule has 0 spiro atoms. The van der Waals surface area contributed by atoms with E-state index in [-0.39, 0.29) is 11.9 Å². The Morgan fingerprint density at radius 2 is 1.86 bits per heavy atom. The molecule has 0 atom stereocenters.